The number of ketones is 1. The predicted octanol–water partition coefficient (Wildman–Crippen LogP) is 0.428. The maximum absolute atomic E-state index is 11.5. The zero-order valence-corrected chi connectivity index (χ0v) is 10.2. The van der Waals surface area contributed by atoms with Gasteiger partial charge in [-0.05, 0) is 13.8 Å². The predicted molar refractivity (Wildman–Crippen MR) is 58.0 cm³/mol. The van der Waals surface area contributed by atoms with Gasteiger partial charge in [-0.15, -0.1) is 10.2 Å². The molecule has 0 aliphatic rings. The van der Waals surface area contributed by atoms with Crippen molar-refractivity contribution >= 4 is 23.5 Å². The minimum absolute atomic E-state index is 0.252. The highest BCUT2D eigenvalue weighted by Crippen LogP contribution is 2.22. The van der Waals surface area contributed by atoms with Crippen molar-refractivity contribution in [1.29, 1.82) is 0 Å². The number of aryl methyl sites for hydroxylation is 1. The molecule has 0 spiro atoms. The Labute approximate surface area is 97.4 Å². The normalized spacial score (nSPS) is 12.2. The van der Waals surface area contributed by atoms with Crippen LogP contribution in [0.2, 0.25) is 0 Å². The summed E-state index contributed by atoms with van der Waals surface area (Å²) in [5.41, 5.74) is 0. The van der Waals surface area contributed by atoms with Crippen LogP contribution in [0, 0.1) is 0 Å². The molecule has 1 rings (SSSR count). The number of aromatic nitrogens is 3. The van der Waals surface area contributed by atoms with Crippen LogP contribution in [0.3, 0.4) is 0 Å². The fraction of sp³-hybridized carbons (Fsp3) is 0.556. The minimum Gasteiger partial charge on any atom is -0.465 e. The smallest absolute Gasteiger partial charge is 0.327 e. The second-order valence-corrected chi connectivity index (χ2v) is 4.16. The number of hydrogen-bond acceptors (Lipinski definition) is 6. The summed E-state index contributed by atoms with van der Waals surface area (Å²) in [7, 11) is 1.74. The SMILES string of the molecule is CCOC(=O)C(Sc1nncn1C)C(C)=O. The second-order valence-electron chi connectivity index (χ2n) is 3.09. The highest BCUT2D eigenvalue weighted by Gasteiger charge is 2.27. The van der Waals surface area contributed by atoms with Gasteiger partial charge in [0.15, 0.2) is 16.2 Å². The zero-order chi connectivity index (χ0) is 12.1. The van der Waals surface area contributed by atoms with Crippen molar-refractivity contribution in [3.63, 3.8) is 0 Å². The van der Waals surface area contributed by atoms with Crippen LogP contribution < -0.4 is 0 Å². The van der Waals surface area contributed by atoms with Gasteiger partial charge in [-0.2, -0.15) is 0 Å². The average molecular weight is 243 g/mol. The first-order valence-corrected chi connectivity index (χ1v) is 5.62. The van der Waals surface area contributed by atoms with Crippen LogP contribution in [0.4, 0.5) is 0 Å². The van der Waals surface area contributed by atoms with Crippen LogP contribution in [-0.4, -0.2) is 38.4 Å². The lowest BCUT2D eigenvalue weighted by atomic mass is 10.3. The van der Waals surface area contributed by atoms with Crippen molar-refractivity contribution in [3.8, 4) is 0 Å². The van der Waals surface area contributed by atoms with Crippen molar-refractivity contribution in [1.82, 2.24) is 14.8 Å². The van der Waals surface area contributed by atoms with Gasteiger partial charge in [0.2, 0.25) is 0 Å². The van der Waals surface area contributed by atoms with Gasteiger partial charge in [-0.3, -0.25) is 9.59 Å². The largest absolute Gasteiger partial charge is 0.465 e. The van der Waals surface area contributed by atoms with Gasteiger partial charge >= 0.3 is 5.97 Å². The number of carbonyl (C=O) groups excluding carboxylic acids is 2. The monoisotopic (exact) mass is 243 g/mol. The molecular formula is C9H13N3O3S. The summed E-state index contributed by atoms with van der Waals surface area (Å²) in [6, 6.07) is 0. The van der Waals surface area contributed by atoms with Gasteiger partial charge in [0.05, 0.1) is 6.61 Å². The average Bonchev–Trinajstić information content (AvgIpc) is 2.60. The molecule has 0 aromatic carbocycles. The first-order chi connectivity index (χ1) is 7.56. The van der Waals surface area contributed by atoms with Crippen LogP contribution in [0.25, 0.3) is 0 Å². The molecular weight excluding hydrogens is 230 g/mol. The van der Waals surface area contributed by atoms with E-state index in [1.165, 1.54) is 13.3 Å². The molecule has 0 aliphatic carbocycles. The lowest BCUT2D eigenvalue weighted by molar-refractivity contribution is -0.144. The molecule has 0 saturated heterocycles. The van der Waals surface area contributed by atoms with E-state index in [2.05, 4.69) is 10.2 Å². The lowest BCUT2D eigenvalue weighted by Gasteiger charge is -2.10. The summed E-state index contributed by atoms with van der Waals surface area (Å²) < 4.78 is 6.45. The Morgan fingerprint density at radius 1 is 1.62 bits per heavy atom. The van der Waals surface area contributed by atoms with Crippen LogP contribution >= 0.6 is 11.8 Å². The van der Waals surface area contributed by atoms with E-state index in [9.17, 15) is 9.59 Å². The van der Waals surface area contributed by atoms with Crippen LogP contribution in [0.1, 0.15) is 13.8 Å². The maximum atomic E-state index is 11.5. The summed E-state index contributed by atoms with van der Waals surface area (Å²) in [5, 5.41) is 7.10. The Morgan fingerprint density at radius 2 is 2.31 bits per heavy atom. The van der Waals surface area contributed by atoms with Crippen molar-refractivity contribution in [2.24, 2.45) is 7.05 Å². The molecule has 0 saturated carbocycles. The first-order valence-electron chi connectivity index (χ1n) is 4.74. The van der Waals surface area contributed by atoms with E-state index < -0.39 is 11.2 Å². The molecule has 88 valence electrons. The van der Waals surface area contributed by atoms with Gasteiger partial charge in [0.1, 0.15) is 6.33 Å². The third-order valence-electron chi connectivity index (χ3n) is 1.76. The summed E-state index contributed by atoms with van der Waals surface area (Å²) in [5.74, 6) is -0.797. The van der Waals surface area contributed by atoms with Gasteiger partial charge in [-0.1, -0.05) is 11.8 Å². The van der Waals surface area contributed by atoms with Crippen LogP contribution in [0.15, 0.2) is 11.5 Å². The van der Waals surface area contributed by atoms with E-state index in [4.69, 9.17) is 4.74 Å². The fourth-order valence-electron chi connectivity index (χ4n) is 1.000. The van der Waals surface area contributed by atoms with Crippen LogP contribution in [-0.2, 0) is 21.4 Å². The number of thioether (sulfide) groups is 1. The molecule has 16 heavy (non-hydrogen) atoms. The van der Waals surface area contributed by atoms with Crippen LogP contribution in [0.5, 0.6) is 0 Å². The maximum Gasteiger partial charge on any atom is 0.327 e. The molecule has 0 aliphatic heterocycles. The second kappa shape index (κ2) is 5.64. The molecule has 6 nitrogen and oxygen atoms in total. The molecule has 1 aromatic rings. The first kappa shape index (κ1) is 12.7. The van der Waals surface area contributed by atoms with Gasteiger partial charge < -0.3 is 9.30 Å². The number of Topliss-reactive ketones (excluding diaryl/α,β-unsaturated/α-hetero) is 1. The van der Waals surface area contributed by atoms with Gasteiger partial charge in [-0.25, -0.2) is 0 Å². The molecule has 1 aromatic heterocycles. The zero-order valence-electron chi connectivity index (χ0n) is 9.34. The number of rotatable bonds is 5. The molecule has 0 amide bonds. The molecule has 1 unspecified atom stereocenters. The Bertz CT molecular complexity index is 391. The van der Waals surface area contributed by atoms with E-state index in [1.807, 2.05) is 0 Å². The van der Waals surface area contributed by atoms with Crippen molar-refractivity contribution in [3.05, 3.63) is 6.33 Å². The Hall–Kier alpha value is -1.37. The molecule has 1 heterocycles. The van der Waals surface area contributed by atoms with E-state index in [-0.39, 0.29) is 12.4 Å². The van der Waals surface area contributed by atoms with Gasteiger partial charge in [0.25, 0.3) is 0 Å². The van der Waals surface area contributed by atoms with Gasteiger partial charge in [0, 0.05) is 7.05 Å². The molecule has 0 bridgehead atoms. The topological polar surface area (TPSA) is 74.1 Å². The number of esters is 1. The number of ether oxygens (including phenoxy) is 1. The third kappa shape index (κ3) is 3.06. The van der Waals surface area contributed by atoms with E-state index in [0.717, 1.165) is 11.8 Å². The number of hydrogen-bond donors (Lipinski definition) is 0. The van der Waals surface area contributed by atoms with E-state index in [1.54, 1.807) is 18.5 Å². The Balaban J connectivity index is 2.76. The lowest BCUT2D eigenvalue weighted by Crippen LogP contribution is -2.27. The number of carbonyl (C=O) groups is 2. The molecule has 7 heteroatoms. The summed E-state index contributed by atoms with van der Waals surface area (Å²) in [4.78, 5) is 22.8. The fourth-order valence-corrected chi connectivity index (χ4v) is 1.85. The number of nitrogens with zero attached hydrogens (tertiary/aromatic N) is 3. The highest BCUT2D eigenvalue weighted by atomic mass is 32.2. The Morgan fingerprint density at radius 3 is 2.75 bits per heavy atom. The molecule has 1 atom stereocenters. The summed E-state index contributed by atoms with van der Waals surface area (Å²) in [6.07, 6.45) is 1.50. The van der Waals surface area contributed by atoms with Crippen molar-refractivity contribution in [2.75, 3.05) is 6.61 Å². The molecule has 0 N–H and O–H groups in total. The highest BCUT2D eigenvalue weighted by molar-refractivity contribution is 8.01. The standard InChI is InChI=1S/C9H13N3O3S/c1-4-15-8(14)7(6(2)13)16-9-11-10-5-12(9)3/h5,7H,4H2,1-3H3. The quantitative estimate of drug-likeness (QED) is 0.424. The van der Waals surface area contributed by atoms with E-state index in [0.29, 0.717) is 5.16 Å². The van der Waals surface area contributed by atoms with E-state index >= 15 is 0 Å². The summed E-state index contributed by atoms with van der Waals surface area (Å²) >= 11 is 1.04. The van der Waals surface area contributed by atoms with Crippen molar-refractivity contribution < 1.29 is 14.3 Å². The summed E-state index contributed by atoms with van der Waals surface area (Å²) in [6.45, 7) is 3.30. The third-order valence-corrected chi connectivity index (χ3v) is 3.10. The molecule has 0 radical (unpaired) electrons. The van der Waals surface area contributed by atoms with Crippen molar-refractivity contribution in [2.45, 2.75) is 24.3 Å². The molecule has 0 fully saturated rings. The Kier molecular flexibility index (Phi) is 4.48. The minimum atomic E-state index is -0.872.